The highest BCUT2D eigenvalue weighted by molar-refractivity contribution is 5.92. The predicted molar refractivity (Wildman–Crippen MR) is 28.1 cm³/mol. The molecule has 0 spiro atoms. The maximum atomic E-state index is 10.4. The molecule has 0 aliphatic carbocycles. The summed E-state index contributed by atoms with van der Waals surface area (Å²) in [5.41, 5.74) is 0. The van der Waals surface area contributed by atoms with Crippen molar-refractivity contribution in [1.82, 2.24) is 5.32 Å². The molecule has 0 atom stereocenters. The molecule has 1 aliphatic rings. The van der Waals surface area contributed by atoms with Crippen LogP contribution in [-0.4, -0.2) is 19.4 Å². The van der Waals surface area contributed by atoms with E-state index >= 15 is 0 Å². The second kappa shape index (κ2) is 1.86. The van der Waals surface area contributed by atoms with Crippen LogP contribution in [0.4, 0.5) is 0 Å². The summed E-state index contributed by atoms with van der Waals surface area (Å²) in [6.07, 6.45) is 1.44. The van der Waals surface area contributed by atoms with E-state index in [-0.39, 0.29) is 12.4 Å². The Balaban J connectivity index is 2.57. The minimum Gasteiger partial charge on any atom is -0.471 e. The SMILES string of the molecule is CNC1=CC(=O)CO1. The molecule has 0 aromatic heterocycles. The van der Waals surface area contributed by atoms with Crippen molar-refractivity contribution in [3.05, 3.63) is 12.0 Å². The first-order valence-electron chi connectivity index (χ1n) is 2.38. The van der Waals surface area contributed by atoms with Crippen molar-refractivity contribution in [1.29, 1.82) is 0 Å². The van der Waals surface area contributed by atoms with Crippen LogP contribution < -0.4 is 5.32 Å². The lowest BCUT2D eigenvalue weighted by Gasteiger charge is -1.96. The van der Waals surface area contributed by atoms with Gasteiger partial charge in [-0.05, 0) is 0 Å². The van der Waals surface area contributed by atoms with Crippen LogP contribution >= 0.6 is 0 Å². The van der Waals surface area contributed by atoms with Gasteiger partial charge < -0.3 is 10.1 Å². The Hall–Kier alpha value is -0.990. The second-order valence-electron chi connectivity index (χ2n) is 1.51. The summed E-state index contributed by atoms with van der Waals surface area (Å²) in [6.45, 7) is 0.191. The fourth-order valence-electron chi connectivity index (χ4n) is 0.523. The van der Waals surface area contributed by atoms with Gasteiger partial charge >= 0.3 is 0 Å². The first kappa shape index (κ1) is 5.15. The average Bonchev–Trinajstić information content (AvgIpc) is 2.14. The lowest BCUT2D eigenvalue weighted by atomic mass is 10.4. The van der Waals surface area contributed by atoms with E-state index in [1.165, 1.54) is 6.08 Å². The van der Waals surface area contributed by atoms with E-state index in [4.69, 9.17) is 4.74 Å². The zero-order valence-corrected chi connectivity index (χ0v) is 4.60. The Bertz CT molecular complexity index is 139. The largest absolute Gasteiger partial charge is 0.471 e. The zero-order valence-electron chi connectivity index (χ0n) is 4.60. The molecule has 3 nitrogen and oxygen atoms in total. The number of ketones is 1. The lowest BCUT2D eigenvalue weighted by molar-refractivity contribution is -0.115. The smallest absolute Gasteiger partial charge is 0.198 e. The van der Waals surface area contributed by atoms with Crippen molar-refractivity contribution >= 4 is 5.78 Å². The normalized spacial score (nSPS) is 17.6. The molecule has 0 radical (unpaired) electrons. The van der Waals surface area contributed by atoms with E-state index in [1.807, 2.05) is 0 Å². The van der Waals surface area contributed by atoms with Gasteiger partial charge in [0.1, 0.15) is 0 Å². The van der Waals surface area contributed by atoms with Crippen LogP contribution in [0, 0.1) is 0 Å². The topological polar surface area (TPSA) is 38.3 Å². The van der Waals surface area contributed by atoms with Crippen molar-refractivity contribution in [2.75, 3.05) is 13.7 Å². The van der Waals surface area contributed by atoms with Gasteiger partial charge in [0.05, 0.1) is 0 Å². The lowest BCUT2D eigenvalue weighted by Crippen LogP contribution is -2.04. The molecule has 1 N–H and O–H groups in total. The Kier molecular flexibility index (Phi) is 1.20. The van der Waals surface area contributed by atoms with Crippen molar-refractivity contribution < 1.29 is 9.53 Å². The van der Waals surface area contributed by atoms with Gasteiger partial charge in [0.2, 0.25) is 0 Å². The van der Waals surface area contributed by atoms with E-state index in [2.05, 4.69) is 5.32 Å². The maximum Gasteiger partial charge on any atom is 0.198 e. The molecule has 1 rings (SSSR count). The fraction of sp³-hybridized carbons (Fsp3) is 0.400. The number of hydrogen-bond acceptors (Lipinski definition) is 3. The molecule has 0 aromatic rings. The van der Waals surface area contributed by atoms with Crippen LogP contribution in [0.15, 0.2) is 12.0 Å². The first-order valence-corrected chi connectivity index (χ1v) is 2.38. The number of carbonyl (C=O) groups excluding carboxylic acids is 1. The van der Waals surface area contributed by atoms with E-state index in [0.717, 1.165) is 0 Å². The molecule has 0 fully saturated rings. The summed E-state index contributed by atoms with van der Waals surface area (Å²) in [6, 6.07) is 0. The van der Waals surface area contributed by atoms with Gasteiger partial charge in [-0.3, -0.25) is 4.79 Å². The van der Waals surface area contributed by atoms with Crippen LogP contribution in [0.2, 0.25) is 0 Å². The molecule has 8 heavy (non-hydrogen) atoms. The molecule has 44 valence electrons. The van der Waals surface area contributed by atoms with E-state index in [1.54, 1.807) is 7.05 Å². The van der Waals surface area contributed by atoms with Gasteiger partial charge in [-0.25, -0.2) is 0 Å². The first-order chi connectivity index (χ1) is 3.83. The van der Waals surface area contributed by atoms with Gasteiger partial charge in [0.25, 0.3) is 0 Å². The summed E-state index contributed by atoms with van der Waals surface area (Å²) >= 11 is 0. The van der Waals surface area contributed by atoms with Gasteiger partial charge in [-0.1, -0.05) is 0 Å². The number of nitrogens with one attached hydrogen (secondary N) is 1. The zero-order chi connectivity index (χ0) is 5.98. The Morgan fingerprint density at radius 2 is 2.62 bits per heavy atom. The number of rotatable bonds is 1. The molecule has 0 saturated carbocycles. The quantitative estimate of drug-likeness (QED) is 0.505. The van der Waals surface area contributed by atoms with Crippen LogP contribution in [0.5, 0.6) is 0 Å². The third-order valence-corrected chi connectivity index (χ3v) is 0.908. The summed E-state index contributed by atoms with van der Waals surface area (Å²) in [4.78, 5) is 10.4. The van der Waals surface area contributed by atoms with Crippen LogP contribution in [-0.2, 0) is 9.53 Å². The maximum absolute atomic E-state index is 10.4. The Morgan fingerprint density at radius 1 is 1.88 bits per heavy atom. The van der Waals surface area contributed by atoms with Crippen molar-refractivity contribution in [2.45, 2.75) is 0 Å². The van der Waals surface area contributed by atoms with Crippen LogP contribution in [0.1, 0.15) is 0 Å². The average molecular weight is 113 g/mol. The van der Waals surface area contributed by atoms with E-state index in [9.17, 15) is 4.79 Å². The molecular formula is C5H7NO2. The molecule has 0 aromatic carbocycles. The minimum atomic E-state index is 0.0225. The second-order valence-corrected chi connectivity index (χ2v) is 1.51. The monoisotopic (exact) mass is 113 g/mol. The number of ether oxygens (including phenoxy) is 1. The molecular weight excluding hydrogens is 106 g/mol. The van der Waals surface area contributed by atoms with Crippen LogP contribution in [0.25, 0.3) is 0 Å². The van der Waals surface area contributed by atoms with E-state index < -0.39 is 0 Å². The highest BCUT2D eigenvalue weighted by Gasteiger charge is 2.09. The summed E-state index contributed by atoms with van der Waals surface area (Å²) in [5, 5.41) is 2.71. The van der Waals surface area contributed by atoms with Gasteiger partial charge in [-0.15, -0.1) is 0 Å². The van der Waals surface area contributed by atoms with Gasteiger partial charge in [0, 0.05) is 13.1 Å². The Morgan fingerprint density at radius 3 is 2.88 bits per heavy atom. The summed E-state index contributed by atoms with van der Waals surface area (Å²) < 4.78 is 4.81. The molecule has 1 aliphatic heterocycles. The number of hydrogen-bond donors (Lipinski definition) is 1. The van der Waals surface area contributed by atoms with Gasteiger partial charge in [-0.2, -0.15) is 0 Å². The number of carbonyl (C=O) groups is 1. The third-order valence-electron chi connectivity index (χ3n) is 0.908. The standard InChI is InChI=1S/C5H7NO2/c1-6-5-2-4(7)3-8-5/h2,6H,3H2,1H3. The Labute approximate surface area is 47.3 Å². The van der Waals surface area contributed by atoms with Crippen molar-refractivity contribution in [3.63, 3.8) is 0 Å². The molecule has 0 amide bonds. The molecule has 0 saturated heterocycles. The van der Waals surface area contributed by atoms with Crippen LogP contribution in [0.3, 0.4) is 0 Å². The molecule has 1 heterocycles. The summed E-state index contributed by atoms with van der Waals surface area (Å²) in [5.74, 6) is 0.587. The minimum absolute atomic E-state index is 0.0225. The predicted octanol–water partition coefficient (Wildman–Crippen LogP) is -0.354. The fourth-order valence-corrected chi connectivity index (χ4v) is 0.523. The van der Waals surface area contributed by atoms with Crippen molar-refractivity contribution in [3.8, 4) is 0 Å². The van der Waals surface area contributed by atoms with Gasteiger partial charge in [0.15, 0.2) is 18.3 Å². The molecule has 3 heteroatoms. The molecule has 0 unspecified atom stereocenters. The van der Waals surface area contributed by atoms with E-state index in [0.29, 0.717) is 5.88 Å². The highest BCUT2D eigenvalue weighted by Crippen LogP contribution is 1.99. The highest BCUT2D eigenvalue weighted by atomic mass is 16.5. The third kappa shape index (κ3) is 0.804. The molecule has 0 bridgehead atoms. The van der Waals surface area contributed by atoms with Crippen molar-refractivity contribution in [2.24, 2.45) is 0 Å². The summed E-state index contributed by atoms with van der Waals surface area (Å²) in [7, 11) is 1.71.